The molecule has 0 aromatic heterocycles. The zero-order valence-electron chi connectivity index (χ0n) is 67.4. The molecule has 0 heteroatoms. The summed E-state index contributed by atoms with van der Waals surface area (Å²) in [4.78, 5) is 0. The molecular weight excluding hydrogens is 1020 g/mol. The maximum atomic E-state index is 2.40. The lowest BCUT2D eigenvalue weighted by atomic mass is 9.74. The van der Waals surface area contributed by atoms with E-state index in [1.54, 1.807) is 0 Å². The number of hydrogen-bond acceptors (Lipinski definition) is 0. The molecular formula is C85H182. The molecule has 6 saturated carbocycles. The van der Waals surface area contributed by atoms with Crippen molar-refractivity contribution in [3.63, 3.8) is 0 Å². The van der Waals surface area contributed by atoms with Crippen molar-refractivity contribution in [2.75, 3.05) is 0 Å². The van der Waals surface area contributed by atoms with E-state index < -0.39 is 0 Å². The Morgan fingerprint density at radius 1 is 0.376 bits per heavy atom. The SMILES string of the molecule is CC1C(C)(C)CCC1(C)C.CC1CC(C)C(C)C1.CC1CCC(C)C1C.CC1CCCC1(C)C.CC1CCCCC1.CCC(C)(C)C.CCC(C)CC.CCCC(C)C.CCCC(C)C.CCCC1CC1.CCCCC(C)C.CCCCCCC. The molecule has 0 heterocycles. The van der Waals surface area contributed by atoms with Gasteiger partial charge in [0.05, 0.1) is 0 Å². The normalized spacial score (nSPS) is 24.1. The topological polar surface area (TPSA) is 0 Å². The zero-order valence-corrected chi connectivity index (χ0v) is 67.4. The Morgan fingerprint density at radius 3 is 0.882 bits per heavy atom. The van der Waals surface area contributed by atoms with Gasteiger partial charge in [-0.1, -0.05) is 415 Å². The second-order valence-electron chi connectivity index (χ2n) is 34.7. The molecule has 0 amide bonds. The van der Waals surface area contributed by atoms with Gasteiger partial charge in [-0.25, -0.2) is 0 Å². The van der Waals surface area contributed by atoms with Crippen LogP contribution in [-0.4, -0.2) is 0 Å². The molecule has 0 aromatic rings. The summed E-state index contributed by atoms with van der Waals surface area (Å²) in [5, 5.41) is 0. The van der Waals surface area contributed by atoms with Crippen molar-refractivity contribution in [2.45, 2.75) is 447 Å². The van der Waals surface area contributed by atoms with E-state index in [1.165, 1.54) is 212 Å². The van der Waals surface area contributed by atoms with Crippen LogP contribution in [0.1, 0.15) is 447 Å². The molecule has 0 aliphatic heterocycles. The van der Waals surface area contributed by atoms with E-state index in [0.29, 0.717) is 21.7 Å². The summed E-state index contributed by atoms with van der Waals surface area (Å²) < 4.78 is 0. The summed E-state index contributed by atoms with van der Waals surface area (Å²) in [6.07, 6.45) is 46.8. The lowest BCUT2D eigenvalue weighted by Crippen LogP contribution is -2.24. The minimum atomic E-state index is 0.542. The van der Waals surface area contributed by atoms with Crippen molar-refractivity contribution in [3.05, 3.63) is 0 Å². The maximum absolute atomic E-state index is 2.40. The summed E-state index contributed by atoms with van der Waals surface area (Å²) in [7, 11) is 0. The first-order valence-electron chi connectivity index (χ1n) is 39.3. The minimum Gasteiger partial charge on any atom is -0.0654 e. The van der Waals surface area contributed by atoms with Gasteiger partial charge < -0.3 is 0 Å². The molecule has 0 aromatic carbocycles. The third kappa shape index (κ3) is 66.7. The molecule has 0 spiro atoms. The van der Waals surface area contributed by atoms with E-state index >= 15 is 0 Å². The highest BCUT2D eigenvalue weighted by Gasteiger charge is 2.43. The highest BCUT2D eigenvalue weighted by molar-refractivity contribution is 4.93. The smallest absolute Gasteiger partial charge is 0.0323 e. The average molecular weight is 1200 g/mol. The number of unbranched alkanes of at least 4 members (excludes halogenated alkanes) is 5. The Labute approximate surface area is 548 Å². The van der Waals surface area contributed by atoms with Crippen LogP contribution >= 0.6 is 0 Å². The predicted octanol–water partition coefficient (Wildman–Crippen LogP) is 32.0. The number of rotatable bonds is 15. The van der Waals surface area contributed by atoms with Crippen molar-refractivity contribution in [1.29, 1.82) is 0 Å². The molecule has 6 aliphatic rings. The van der Waals surface area contributed by atoms with E-state index in [0.717, 1.165) is 82.9 Å². The Hall–Kier alpha value is 0. The minimum absolute atomic E-state index is 0.542. The molecule has 0 saturated heterocycles. The molecule has 522 valence electrons. The van der Waals surface area contributed by atoms with E-state index in [4.69, 9.17) is 0 Å². The van der Waals surface area contributed by atoms with Crippen molar-refractivity contribution >= 4 is 0 Å². The second kappa shape index (κ2) is 59.0. The van der Waals surface area contributed by atoms with E-state index in [9.17, 15) is 0 Å². The fourth-order valence-electron chi connectivity index (χ4n) is 11.9. The summed E-state index contributed by atoms with van der Waals surface area (Å²) >= 11 is 0. The van der Waals surface area contributed by atoms with Crippen LogP contribution in [0, 0.1) is 105 Å². The van der Waals surface area contributed by atoms with Gasteiger partial charge in [0.15, 0.2) is 0 Å². The predicted molar refractivity (Wildman–Crippen MR) is 404 cm³/mol. The average Bonchev–Trinajstić information content (AvgIpc) is 3.46. The van der Waals surface area contributed by atoms with Gasteiger partial charge in [0, 0.05) is 0 Å². The van der Waals surface area contributed by atoms with Gasteiger partial charge in [0.25, 0.3) is 0 Å². The summed E-state index contributed by atoms with van der Waals surface area (Å²) in [5.41, 5.74) is 2.37. The Balaban J connectivity index is -0.000000201. The summed E-state index contributed by atoms with van der Waals surface area (Å²) in [6.45, 7) is 78.4. The van der Waals surface area contributed by atoms with Crippen molar-refractivity contribution < 1.29 is 0 Å². The van der Waals surface area contributed by atoms with Crippen LogP contribution in [-0.2, 0) is 0 Å². The van der Waals surface area contributed by atoms with Gasteiger partial charge in [-0.15, -0.1) is 0 Å². The van der Waals surface area contributed by atoms with Gasteiger partial charge in [0.2, 0.25) is 0 Å². The molecule has 6 fully saturated rings. The van der Waals surface area contributed by atoms with Crippen LogP contribution in [0.5, 0.6) is 0 Å². The molecule has 5 atom stereocenters. The Bertz CT molecular complexity index is 1220. The van der Waals surface area contributed by atoms with Crippen molar-refractivity contribution in [1.82, 2.24) is 0 Å². The highest BCUT2D eigenvalue weighted by atomic mass is 14.5. The van der Waals surface area contributed by atoms with Crippen LogP contribution in [0.3, 0.4) is 0 Å². The van der Waals surface area contributed by atoms with Gasteiger partial charge >= 0.3 is 0 Å². The Kier molecular flexibility index (Phi) is 66.8. The summed E-state index contributed by atoms with van der Waals surface area (Å²) in [6, 6.07) is 0. The first-order chi connectivity index (χ1) is 39.3. The maximum Gasteiger partial charge on any atom is -0.0323 e. The van der Waals surface area contributed by atoms with Crippen LogP contribution in [0.4, 0.5) is 0 Å². The Morgan fingerprint density at radius 2 is 0.765 bits per heavy atom. The molecule has 5 unspecified atom stereocenters. The monoisotopic (exact) mass is 1200 g/mol. The standard InChI is InChI=1S/C10H20.3C8H16.C7H14.2C7H16.C6H12.4C6H14/c1-8-9(2,3)6-7-10(8,4)5;1-6-4-7(2)8(3)5-6;1-7-5-4-6-8(7,2)3;1-6-4-5-7(2)8(6)3;1-7-5-3-2-4-6-7;1-4-5-6-7(2)3;1-3-5-7-6-4-2;1-2-3-6-4-5-6;1-5-6(2,3)4;2*1-4-5-6(2)3;1-4-6(3)5-2/h8H,6-7H2,1-5H3;6-8H,4-5H2,1-3H3;7H,4-6H2,1-3H3;6-8H,4-5H2,1-3H3;7H,2-6H2,1H3;7H,4-6H2,1-3H3;3-7H2,1-2H3;6H,2-5H2,1H3;5H2,1-4H3;3*6H,4-5H2,1-3H3. The van der Waals surface area contributed by atoms with Crippen LogP contribution in [0.25, 0.3) is 0 Å². The molecule has 6 rings (SSSR count). The van der Waals surface area contributed by atoms with Crippen LogP contribution in [0.15, 0.2) is 0 Å². The number of hydrogen-bond donors (Lipinski definition) is 0. The summed E-state index contributed by atoms with van der Waals surface area (Å²) in [5.74, 6) is 13.6. The van der Waals surface area contributed by atoms with Gasteiger partial charge in [-0.3, -0.25) is 0 Å². The van der Waals surface area contributed by atoms with Crippen molar-refractivity contribution in [3.8, 4) is 0 Å². The molecule has 6 aliphatic carbocycles. The lowest BCUT2D eigenvalue weighted by Gasteiger charge is -2.31. The first-order valence-corrected chi connectivity index (χ1v) is 39.3. The lowest BCUT2D eigenvalue weighted by molar-refractivity contribution is 0.179. The quantitative estimate of drug-likeness (QED) is 0.143. The second-order valence-corrected chi connectivity index (χ2v) is 34.7. The fourth-order valence-corrected chi connectivity index (χ4v) is 11.9. The van der Waals surface area contributed by atoms with E-state index in [2.05, 4.69) is 235 Å². The molecule has 0 radical (unpaired) electrons. The molecule has 0 N–H and O–H groups in total. The van der Waals surface area contributed by atoms with Crippen LogP contribution < -0.4 is 0 Å². The van der Waals surface area contributed by atoms with Crippen molar-refractivity contribution in [2.24, 2.45) is 105 Å². The third-order valence-electron chi connectivity index (χ3n) is 21.8. The van der Waals surface area contributed by atoms with Crippen LogP contribution in [0.2, 0.25) is 0 Å². The molecule has 0 nitrogen and oxygen atoms in total. The molecule has 0 bridgehead atoms. The largest absolute Gasteiger partial charge is 0.0654 e. The van der Waals surface area contributed by atoms with E-state index in [1.807, 2.05) is 0 Å². The zero-order chi connectivity index (χ0) is 67.4. The van der Waals surface area contributed by atoms with E-state index in [-0.39, 0.29) is 0 Å². The van der Waals surface area contributed by atoms with Gasteiger partial charge in [0.1, 0.15) is 0 Å². The highest BCUT2D eigenvalue weighted by Crippen LogP contribution is 2.53. The molecule has 85 heavy (non-hydrogen) atoms. The third-order valence-corrected chi connectivity index (χ3v) is 21.8. The first kappa shape index (κ1) is 96.1. The fraction of sp³-hybridized carbons (Fsp3) is 1.00. The van der Waals surface area contributed by atoms with Gasteiger partial charge in [-0.2, -0.15) is 0 Å². The van der Waals surface area contributed by atoms with Gasteiger partial charge in [-0.05, 0) is 137 Å².